The van der Waals surface area contributed by atoms with Crippen molar-refractivity contribution in [3.8, 4) is 0 Å². The lowest BCUT2D eigenvalue weighted by atomic mass is 10.2. The second kappa shape index (κ2) is 9.41. The monoisotopic (exact) mass is 446 g/mol. The first-order valence-corrected chi connectivity index (χ1v) is 11.5. The van der Waals surface area contributed by atoms with Crippen molar-refractivity contribution >= 4 is 27.7 Å². The summed E-state index contributed by atoms with van der Waals surface area (Å²) in [4.78, 5) is 12.4. The highest BCUT2D eigenvalue weighted by molar-refractivity contribution is 7.98. The van der Waals surface area contributed by atoms with E-state index in [1.54, 1.807) is 0 Å². The molecule has 0 radical (unpaired) electrons. The first-order valence-electron chi connectivity index (χ1n) is 9.07. The molecule has 0 bridgehead atoms. The third-order valence-corrected chi connectivity index (χ3v) is 6.91. The van der Waals surface area contributed by atoms with E-state index in [9.17, 15) is 13.2 Å². The van der Waals surface area contributed by atoms with Gasteiger partial charge in [0.25, 0.3) is 11.1 Å². The number of carbonyl (C=O) groups excluding carboxylic acids is 1. The molecule has 3 rings (SSSR count). The van der Waals surface area contributed by atoms with Crippen LogP contribution in [-0.4, -0.2) is 42.9 Å². The van der Waals surface area contributed by atoms with Crippen molar-refractivity contribution in [2.45, 2.75) is 29.3 Å². The molecular formula is C20H22N4O4S2. The lowest BCUT2D eigenvalue weighted by Gasteiger charge is -2.11. The molecule has 0 saturated carbocycles. The predicted octanol–water partition coefficient (Wildman–Crippen LogP) is 2.85. The largest absolute Gasteiger partial charge is 0.414 e. The van der Waals surface area contributed by atoms with Gasteiger partial charge in [-0.15, -0.1) is 10.2 Å². The van der Waals surface area contributed by atoms with Crippen LogP contribution < -0.4 is 5.32 Å². The Kier molecular flexibility index (Phi) is 6.91. The van der Waals surface area contributed by atoms with E-state index in [2.05, 4.69) is 21.6 Å². The number of amides is 1. The number of sulfonamides is 1. The number of benzene rings is 2. The molecule has 1 aromatic heterocycles. The second-order valence-corrected chi connectivity index (χ2v) is 9.81. The number of aromatic nitrogens is 2. The molecule has 0 aliphatic rings. The Balaban J connectivity index is 1.54. The third-order valence-electron chi connectivity index (χ3n) is 4.19. The Hall–Kier alpha value is -2.69. The van der Waals surface area contributed by atoms with Gasteiger partial charge in [-0.2, -0.15) is 0 Å². The quantitative estimate of drug-likeness (QED) is 0.530. The molecule has 0 atom stereocenters. The second-order valence-electron chi connectivity index (χ2n) is 6.73. The van der Waals surface area contributed by atoms with Gasteiger partial charge < -0.3 is 9.73 Å². The number of nitrogens with one attached hydrogen (secondary N) is 1. The molecule has 0 spiro atoms. The SMILES string of the molecule is Cc1cccc(CSc2nnc(CNC(=O)c3ccc(S(=O)(=O)N(C)C)cc3)o2)c1. The van der Waals surface area contributed by atoms with E-state index in [4.69, 9.17) is 4.42 Å². The van der Waals surface area contributed by atoms with Crippen molar-refractivity contribution in [2.75, 3.05) is 14.1 Å². The molecule has 0 aliphatic carbocycles. The van der Waals surface area contributed by atoms with Crippen molar-refractivity contribution in [3.05, 3.63) is 71.1 Å². The topological polar surface area (TPSA) is 105 Å². The van der Waals surface area contributed by atoms with Gasteiger partial charge in [-0.3, -0.25) is 4.79 Å². The molecule has 1 N–H and O–H groups in total. The molecule has 30 heavy (non-hydrogen) atoms. The number of hydrogen-bond acceptors (Lipinski definition) is 7. The van der Waals surface area contributed by atoms with Crippen LogP contribution in [0.25, 0.3) is 0 Å². The van der Waals surface area contributed by atoms with Crippen LogP contribution in [0.5, 0.6) is 0 Å². The van der Waals surface area contributed by atoms with E-state index < -0.39 is 10.0 Å². The first-order chi connectivity index (χ1) is 14.3. The predicted molar refractivity (Wildman–Crippen MR) is 114 cm³/mol. The van der Waals surface area contributed by atoms with Crippen LogP contribution in [0.3, 0.4) is 0 Å². The molecule has 1 amide bonds. The highest BCUT2D eigenvalue weighted by Crippen LogP contribution is 2.22. The van der Waals surface area contributed by atoms with E-state index in [0.29, 0.717) is 22.4 Å². The number of hydrogen-bond donors (Lipinski definition) is 1. The summed E-state index contributed by atoms with van der Waals surface area (Å²) in [5, 5.41) is 11.0. The average molecular weight is 447 g/mol. The fourth-order valence-electron chi connectivity index (χ4n) is 2.56. The zero-order valence-electron chi connectivity index (χ0n) is 16.8. The van der Waals surface area contributed by atoms with E-state index >= 15 is 0 Å². The standard InChI is InChI=1S/C20H22N4O4S2/c1-14-5-4-6-15(11-14)13-29-20-23-22-18(28-20)12-21-19(25)16-7-9-17(10-8-16)30(26,27)24(2)3/h4-11H,12-13H2,1-3H3,(H,21,25). The molecule has 10 heteroatoms. The summed E-state index contributed by atoms with van der Waals surface area (Å²) in [5.41, 5.74) is 2.68. The number of aryl methyl sites for hydroxylation is 1. The van der Waals surface area contributed by atoms with Crippen LogP contribution in [0.1, 0.15) is 27.4 Å². The van der Waals surface area contributed by atoms with E-state index in [1.165, 1.54) is 55.7 Å². The van der Waals surface area contributed by atoms with Crippen LogP contribution in [-0.2, 0) is 22.3 Å². The van der Waals surface area contributed by atoms with Gasteiger partial charge in [-0.25, -0.2) is 12.7 Å². The Morgan fingerprint density at radius 2 is 1.87 bits per heavy atom. The normalized spacial score (nSPS) is 11.6. The van der Waals surface area contributed by atoms with Crippen molar-refractivity contribution in [1.82, 2.24) is 19.8 Å². The molecule has 0 aliphatic heterocycles. The Labute approximate surface area is 179 Å². The Bertz CT molecular complexity index is 1130. The summed E-state index contributed by atoms with van der Waals surface area (Å²) in [6.07, 6.45) is 0. The highest BCUT2D eigenvalue weighted by atomic mass is 32.2. The van der Waals surface area contributed by atoms with Crippen LogP contribution in [0, 0.1) is 6.92 Å². The summed E-state index contributed by atoms with van der Waals surface area (Å²) in [7, 11) is -0.630. The van der Waals surface area contributed by atoms with Gasteiger partial charge in [0, 0.05) is 25.4 Å². The summed E-state index contributed by atoms with van der Waals surface area (Å²) < 4.78 is 30.8. The fourth-order valence-corrected chi connectivity index (χ4v) is 4.19. The third kappa shape index (κ3) is 5.47. The Morgan fingerprint density at radius 3 is 2.53 bits per heavy atom. The molecular weight excluding hydrogens is 424 g/mol. The molecule has 0 fully saturated rings. The minimum atomic E-state index is -3.53. The van der Waals surface area contributed by atoms with Crippen molar-refractivity contribution in [1.29, 1.82) is 0 Å². The fraction of sp³-hybridized carbons (Fsp3) is 0.250. The van der Waals surface area contributed by atoms with Crippen molar-refractivity contribution in [2.24, 2.45) is 0 Å². The van der Waals surface area contributed by atoms with Gasteiger partial charge in [0.1, 0.15) is 0 Å². The molecule has 0 unspecified atom stereocenters. The lowest BCUT2D eigenvalue weighted by molar-refractivity contribution is 0.0946. The maximum absolute atomic E-state index is 12.3. The number of rotatable bonds is 8. The van der Waals surface area contributed by atoms with Crippen LogP contribution in [0.2, 0.25) is 0 Å². The van der Waals surface area contributed by atoms with Crippen LogP contribution in [0.4, 0.5) is 0 Å². The van der Waals surface area contributed by atoms with Gasteiger partial charge in [0.15, 0.2) is 0 Å². The highest BCUT2D eigenvalue weighted by Gasteiger charge is 2.17. The van der Waals surface area contributed by atoms with Gasteiger partial charge in [-0.05, 0) is 36.8 Å². The maximum atomic E-state index is 12.3. The van der Waals surface area contributed by atoms with E-state index in [-0.39, 0.29) is 17.3 Å². The van der Waals surface area contributed by atoms with Crippen LogP contribution >= 0.6 is 11.8 Å². The molecule has 0 saturated heterocycles. The lowest BCUT2D eigenvalue weighted by Crippen LogP contribution is -2.24. The van der Waals surface area contributed by atoms with E-state index in [1.807, 2.05) is 25.1 Å². The maximum Gasteiger partial charge on any atom is 0.276 e. The molecule has 1 heterocycles. The number of thioether (sulfide) groups is 1. The molecule has 2 aromatic carbocycles. The molecule has 3 aromatic rings. The minimum absolute atomic E-state index is 0.0780. The summed E-state index contributed by atoms with van der Waals surface area (Å²) in [6.45, 7) is 2.12. The first kappa shape index (κ1) is 22.0. The Morgan fingerprint density at radius 1 is 1.13 bits per heavy atom. The van der Waals surface area contributed by atoms with Crippen LogP contribution in [0.15, 0.2) is 63.1 Å². The average Bonchev–Trinajstić information content (AvgIpc) is 3.18. The summed E-state index contributed by atoms with van der Waals surface area (Å²) in [6, 6.07) is 13.9. The zero-order valence-corrected chi connectivity index (χ0v) is 18.5. The smallest absolute Gasteiger partial charge is 0.276 e. The van der Waals surface area contributed by atoms with Gasteiger partial charge in [0.2, 0.25) is 15.9 Å². The van der Waals surface area contributed by atoms with Crippen molar-refractivity contribution < 1.29 is 17.6 Å². The summed E-state index contributed by atoms with van der Waals surface area (Å²) >= 11 is 1.43. The van der Waals surface area contributed by atoms with Gasteiger partial charge in [0.05, 0.1) is 11.4 Å². The number of carbonyl (C=O) groups is 1. The van der Waals surface area contributed by atoms with Crippen molar-refractivity contribution in [3.63, 3.8) is 0 Å². The summed E-state index contributed by atoms with van der Waals surface area (Å²) in [5.74, 6) is 0.635. The zero-order chi connectivity index (χ0) is 21.7. The van der Waals surface area contributed by atoms with E-state index in [0.717, 1.165) is 9.87 Å². The molecule has 158 valence electrons. The van der Waals surface area contributed by atoms with Gasteiger partial charge in [-0.1, -0.05) is 41.6 Å². The van der Waals surface area contributed by atoms with Gasteiger partial charge >= 0.3 is 0 Å². The number of nitrogens with zero attached hydrogens (tertiary/aromatic N) is 3. The minimum Gasteiger partial charge on any atom is -0.414 e. The molecule has 8 nitrogen and oxygen atoms in total.